The second-order valence-electron chi connectivity index (χ2n) is 9.75. The van der Waals surface area contributed by atoms with Gasteiger partial charge in [-0.3, -0.25) is 0 Å². The van der Waals surface area contributed by atoms with E-state index in [4.69, 9.17) is 14.5 Å². The molecular weight excluding hydrogens is 444 g/mol. The fourth-order valence-corrected chi connectivity index (χ4v) is 4.45. The number of fused-ring (bicyclic) bond motifs is 1. The molecule has 4 rings (SSSR count). The van der Waals surface area contributed by atoms with E-state index >= 15 is 0 Å². The Morgan fingerprint density at radius 2 is 1.91 bits per heavy atom. The molecule has 0 spiro atoms. The standard InChI is InChI=1S/C27H30N4O4/c1-27(2,3)24-16-30(10-11-31(24)26(32)33)25-20(15-28)12-19-13-22(34-4)23(14-21(19)29-25)35-17-18-8-6-5-7-9-18/h5-9,12-14,24H,10-11,16-17H2,1-4H3,(H,32,33). The number of methoxy groups -OCH3 is 1. The van der Waals surface area contributed by atoms with E-state index in [1.807, 2.05) is 68.1 Å². The third-order valence-corrected chi connectivity index (χ3v) is 6.36. The Labute approximate surface area is 205 Å². The highest BCUT2D eigenvalue weighted by Crippen LogP contribution is 2.36. The molecule has 8 nitrogen and oxygen atoms in total. The Hall–Kier alpha value is -3.99. The lowest BCUT2D eigenvalue weighted by molar-refractivity contribution is 0.0747. The molecule has 0 bridgehead atoms. The SMILES string of the molecule is COc1cc2cc(C#N)c(N3CCN(C(=O)O)C(C(C)(C)C)C3)nc2cc1OCc1ccccc1. The Morgan fingerprint density at radius 3 is 2.54 bits per heavy atom. The maximum atomic E-state index is 11.8. The van der Waals surface area contributed by atoms with Crippen LogP contribution in [-0.2, 0) is 6.61 Å². The first kappa shape index (κ1) is 24.1. The number of carboxylic acid groups (broad SMARTS) is 1. The predicted molar refractivity (Wildman–Crippen MR) is 134 cm³/mol. The zero-order valence-corrected chi connectivity index (χ0v) is 20.5. The van der Waals surface area contributed by atoms with E-state index in [1.54, 1.807) is 13.2 Å². The maximum Gasteiger partial charge on any atom is 0.407 e. The van der Waals surface area contributed by atoms with Crippen molar-refractivity contribution in [2.24, 2.45) is 5.41 Å². The molecule has 1 amide bonds. The van der Waals surface area contributed by atoms with Crippen molar-refractivity contribution < 1.29 is 19.4 Å². The van der Waals surface area contributed by atoms with E-state index in [1.165, 1.54) is 4.90 Å². The summed E-state index contributed by atoms with van der Waals surface area (Å²) < 4.78 is 11.6. The van der Waals surface area contributed by atoms with Gasteiger partial charge < -0.3 is 24.4 Å². The number of ether oxygens (including phenoxy) is 2. The molecule has 3 aromatic rings. The molecule has 1 aromatic heterocycles. The monoisotopic (exact) mass is 474 g/mol. The molecule has 0 aliphatic carbocycles. The van der Waals surface area contributed by atoms with Gasteiger partial charge in [0.25, 0.3) is 0 Å². The van der Waals surface area contributed by atoms with E-state index in [2.05, 4.69) is 6.07 Å². The number of anilines is 1. The number of rotatable bonds is 5. The molecule has 1 fully saturated rings. The minimum atomic E-state index is -0.927. The maximum absolute atomic E-state index is 11.8. The second-order valence-corrected chi connectivity index (χ2v) is 9.75. The molecule has 1 saturated heterocycles. The van der Waals surface area contributed by atoms with Crippen LogP contribution in [0.3, 0.4) is 0 Å². The van der Waals surface area contributed by atoms with Gasteiger partial charge >= 0.3 is 6.09 Å². The lowest BCUT2D eigenvalue weighted by Crippen LogP contribution is -2.59. The van der Waals surface area contributed by atoms with Crippen LogP contribution in [0.4, 0.5) is 10.6 Å². The van der Waals surface area contributed by atoms with Crippen LogP contribution in [0, 0.1) is 16.7 Å². The molecule has 2 heterocycles. The van der Waals surface area contributed by atoms with Crippen LogP contribution in [-0.4, -0.2) is 53.9 Å². The Morgan fingerprint density at radius 1 is 1.17 bits per heavy atom. The number of nitriles is 1. The minimum Gasteiger partial charge on any atom is -0.493 e. The van der Waals surface area contributed by atoms with Crippen LogP contribution in [0.15, 0.2) is 48.5 Å². The lowest BCUT2D eigenvalue weighted by Gasteiger charge is -2.46. The summed E-state index contributed by atoms with van der Waals surface area (Å²) in [7, 11) is 1.58. The minimum absolute atomic E-state index is 0.238. The first-order valence-corrected chi connectivity index (χ1v) is 11.6. The van der Waals surface area contributed by atoms with Crippen LogP contribution < -0.4 is 14.4 Å². The summed E-state index contributed by atoms with van der Waals surface area (Å²) in [6.45, 7) is 7.72. The molecule has 1 N–H and O–H groups in total. The van der Waals surface area contributed by atoms with Gasteiger partial charge in [-0.2, -0.15) is 5.26 Å². The Bertz CT molecular complexity index is 1260. The summed E-state index contributed by atoms with van der Waals surface area (Å²) in [5.41, 5.74) is 1.88. The van der Waals surface area contributed by atoms with Crippen LogP contribution in [0.25, 0.3) is 10.9 Å². The molecule has 35 heavy (non-hydrogen) atoms. The number of nitrogens with zero attached hydrogens (tertiary/aromatic N) is 4. The van der Waals surface area contributed by atoms with Crippen LogP contribution in [0.1, 0.15) is 31.9 Å². The highest BCUT2D eigenvalue weighted by atomic mass is 16.5. The summed E-state index contributed by atoms with van der Waals surface area (Å²) in [6, 6.07) is 17.3. The normalized spacial score (nSPS) is 16.1. The average molecular weight is 475 g/mol. The van der Waals surface area contributed by atoms with Crippen LogP contribution >= 0.6 is 0 Å². The van der Waals surface area contributed by atoms with E-state index in [-0.39, 0.29) is 11.5 Å². The first-order valence-electron chi connectivity index (χ1n) is 11.6. The number of piperazine rings is 1. The molecular formula is C27H30N4O4. The van der Waals surface area contributed by atoms with E-state index in [0.29, 0.717) is 54.6 Å². The van der Waals surface area contributed by atoms with Crippen LogP contribution in [0.5, 0.6) is 11.5 Å². The van der Waals surface area contributed by atoms with Gasteiger partial charge in [-0.1, -0.05) is 51.1 Å². The van der Waals surface area contributed by atoms with Crippen molar-refractivity contribution in [1.82, 2.24) is 9.88 Å². The summed E-state index contributed by atoms with van der Waals surface area (Å²) in [4.78, 5) is 20.2. The number of pyridine rings is 1. The molecule has 8 heteroatoms. The van der Waals surface area contributed by atoms with Gasteiger partial charge in [0.05, 0.1) is 24.2 Å². The van der Waals surface area contributed by atoms with Crippen molar-refractivity contribution in [2.45, 2.75) is 33.4 Å². The molecule has 1 aliphatic rings. The van der Waals surface area contributed by atoms with E-state index in [0.717, 1.165) is 10.9 Å². The van der Waals surface area contributed by atoms with Gasteiger partial charge in [0.15, 0.2) is 11.5 Å². The van der Waals surface area contributed by atoms with E-state index in [9.17, 15) is 15.2 Å². The van der Waals surface area contributed by atoms with Crippen molar-refractivity contribution in [3.8, 4) is 17.6 Å². The van der Waals surface area contributed by atoms with Gasteiger partial charge in [0.2, 0.25) is 0 Å². The molecule has 1 unspecified atom stereocenters. The summed E-state index contributed by atoms with van der Waals surface area (Å²) in [6.07, 6.45) is -0.927. The molecule has 1 atom stereocenters. The zero-order valence-electron chi connectivity index (χ0n) is 20.5. The Balaban J connectivity index is 1.70. The number of benzene rings is 2. The fraction of sp³-hybridized carbons (Fsp3) is 0.370. The molecule has 2 aromatic carbocycles. The number of hydrogen-bond acceptors (Lipinski definition) is 6. The quantitative estimate of drug-likeness (QED) is 0.561. The van der Waals surface area contributed by atoms with Crippen molar-refractivity contribution in [2.75, 3.05) is 31.6 Å². The van der Waals surface area contributed by atoms with Crippen molar-refractivity contribution in [3.63, 3.8) is 0 Å². The second kappa shape index (κ2) is 9.71. The number of amides is 1. The van der Waals surface area contributed by atoms with Gasteiger partial charge in [-0.25, -0.2) is 9.78 Å². The number of hydrogen-bond donors (Lipinski definition) is 1. The number of carbonyl (C=O) groups is 1. The largest absolute Gasteiger partial charge is 0.493 e. The fourth-order valence-electron chi connectivity index (χ4n) is 4.45. The van der Waals surface area contributed by atoms with Gasteiger partial charge in [0, 0.05) is 31.1 Å². The third-order valence-electron chi connectivity index (χ3n) is 6.36. The van der Waals surface area contributed by atoms with Crippen molar-refractivity contribution in [1.29, 1.82) is 5.26 Å². The third kappa shape index (κ3) is 5.09. The zero-order chi connectivity index (χ0) is 25.2. The van der Waals surface area contributed by atoms with Crippen molar-refractivity contribution in [3.05, 3.63) is 59.7 Å². The van der Waals surface area contributed by atoms with Gasteiger partial charge in [0.1, 0.15) is 18.5 Å². The molecule has 1 aliphatic heterocycles. The molecule has 182 valence electrons. The highest BCUT2D eigenvalue weighted by molar-refractivity contribution is 5.86. The predicted octanol–water partition coefficient (Wildman–Crippen LogP) is 4.91. The lowest BCUT2D eigenvalue weighted by atomic mass is 9.84. The van der Waals surface area contributed by atoms with Gasteiger partial charge in [-0.15, -0.1) is 0 Å². The van der Waals surface area contributed by atoms with Crippen molar-refractivity contribution >= 4 is 22.8 Å². The molecule has 0 radical (unpaired) electrons. The summed E-state index contributed by atoms with van der Waals surface area (Å²) in [5.74, 6) is 1.68. The Kier molecular flexibility index (Phi) is 6.70. The van der Waals surface area contributed by atoms with Crippen LogP contribution in [0.2, 0.25) is 0 Å². The first-order chi connectivity index (χ1) is 16.7. The summed E-state index contributed by atoms with van der Waals surface area (Å²) >= 11 is 0. The topological polar surface area (TPSA) is 98.9 Å². The average Bonchev–Trinajstić information content (AvgIpc) is 2.85. The molecule has 0 saturated carbocycles. The van der Waals surface area contributed by atoms with Gasteiger partial charge in [-0.05, 0) is 23.1 Å². The highest BCUT2D eigenvalue weighted by Gasteiger charge is 2.39. The number of aromatic nitrogens is 1. The smallest absolute Gasteiger partial charge is 0.407 e. The van der Waals surface area contributed by atoms with E-state index < -0.39 is 6.09 Å². The summed E-state index contributed by atoms with van der Waals surface area (Å²) in [5, 5.41) is 20.4.